The molecule has 0 aromatic heterocycles. The molecule has 0 aliphatic heterocycles. The lowest BCUT2D eigenvalue weighted by molar-refractivity contribution is -0.131. The monoisotopic (exact) mass is 202 g/mol. The number of benzene rings is 1. The highest BCUT2D eigenvalue weighted by atomic mass is 16.5. The second-order valence-electron chi connectivity index (χ2n) is 2.59. The predicted octanol–water partition coefficient (Wildman–Crippen LogP) is 3.21. The van der Waals surface area contributed by atoms with Crippen molar-refractivity contribution in [2.45, 2.75) is 6.92 Å². The lowest BCUT2D eigenvalue weighted by Gasteiger charge is -2.03. The van der Waals surface area contributed by atoms with E-state index in [2.05, 4.69) is 25.5 Å². The summed E-state index contributed by atoms with van der Waals surface area (Å²) >= 11 is 0. The average Bonchev–Trinajstić information content (AvgIpc) is 2.19. The van der Waals surface area contributed by atoms with E-state index < -0.39 is 0 Å². The van der Waals surface area contributed by atoms with Crippen LogP contribution in [0.25, 0.3) is 6.08 Å². The minimum atomic E-state index is -0.315. The summed E-state index contributed by atoms with van der Waals surface area (Å²) in [7, 11) is 0. The van der Waals surface area contributed by atoms with E-state index in [0.717, 1.165) is 5.56 Å². The SMILES string of the molecule is C=C=C.C=Cc1ccccc1OC(C)=O. The maximum absolute atomic E-state index is 10.6. The van der Waals surface area contributed by atoms with Gasteiger partial charge in [-0.05, 0) is 6.07 Å². The summed E-state index contributed by atoms with van der Waals surface area (Å²) in [5, 5.41) is 0. The fourth-order valence-electron chi connectivity index (χ4n) is 0.897. The first kappa shape index (κ1) is 12.9. The standard InChI is InChI=1S/C10H10O2.C3H4/c1-3-9-6-4-5-7-10(9)12-8(2)11;1-3-2/h3-7H,1H2,2H3;1-2H2. The van der Waals surface area contributed by atoms with E-state index >= 15 is 0 Å². The topological polar surface area (TPSA) is 26.3 Å². The molecule has 1 aromatic rings. The van der Waals surface area contributed by atoms with Gasteiger partial charge in [0.1, 0.15) is 5.75 Å². The van der Waals surface area contributed by atoms with Crippen LogP contribution in [0.15, 0.2) is 49.7 Å². The second kappa shape index (κ2) is 7.36. The van der Waals surface area contributed by atoms with Gasteiger partial charge in [0, 0.05) is 12.5 Å². The van der Waals surface area contributed by atoms with Crippen molar-refractivity contribution in [2.75, 3.05) is 0 Å². The van der Waals surface area contributed by atoms with Crippen LogP contribution in [0.1, 0.15) is 12.5 Å². The van der Waals surface area contributed by atoms with Gasteiger partial charge in [-0.3, -0.25) is 4.79 Å². The Morgan fingerprint density at radius 1 is 1.40 bits per heavy atom. The predicted molar refractivity (Wildman–Crippen MR) is 62.6 cm³/mol. The van der Waals surface area contributed by atoms with Crippen molar-refractivity contribution in [3.8, 4) is 5.75 Å². The number of hydrogen-bond donors (Lipinski definition) is 0. The Labute approximate surface area is 90.2 Å². The van der Waals surface area contributed by atoms with Gasteiger partial charge in [0.15, 0.2) is 0 Å². The molecular formula is C13H14O2. The number of ether oxygens (including phenoxy) is 1. The normalized spacial score (nSPS) is 7.80. The maximum atomic E-state index is 10.6. The first-order valence-corrected chi connectivity index (χ1v) is 4.34. The summed E-state index contributed by atoms with van der Waals surface area (Å²) in [6, 6.07) is 7.25. The largest absolute Gasteiger partial charge is 0.426 e. The highest BCUT2D eigenvalue weighted by Crippen LogP contribution is 2.18. The third kappa shape index (κ3) is 5.29. The van der Waals surface area contributed by atoms with Gasteiger partial charge in [-0.2, -0.15) is 0 Å². The van der Waals surface area contributed by atoms with Gasteiger partial charge in [-0.15, -0.1) is 5.73 Å². The summed E-state index contributed by atoms with van der Waals surface area (Å²) in [6.07, 6.45) is 1.65. The molecule has 0 N–H and O–H groups in total. The van der Waals surface area contributed by atoms with Crippen LogP contribution in [0.2, 0.25) is 0 Å². The molecule has 0 aliphatic carbocycles. The number of rotatable bonds is 2. The van der Waals surface area contributed by atoms with Crippen LogP contribution in [0.3, 0.4) is 0 Å². The summed E-state index contributed by atoms with van der Waals surface area (Å²) in [5.41, 5.74) is 3.08. The van der Waals surface area contributed by atoms with Crippen molar-refractivity contribution >= 4 is 12.0 Å². The smallest absolute Gasteiger partial charge is 0.308 e. The van der Waals surface area contributed by atoms with E-state index in [9.17, 15) is 4.79 Å². The molecule has 0 atom stereocenters. The van der Waals surface area contributed by atoms with Crippen LogP contribution >= 0.6 is 0 Å². The minimum absolute atomic E-state index is 0.315. The van der Waals surface area contributed by atoms with Gasteiger partial charge in [-0.1, -0.05) is 44.0 Å². The Bertz CT molecular complexity index is 372. The van der Waals surface area contributed by atoms with Gasteiger partial charge in [0.05, 0.1) is 0 Å². The van der Waals surface area contributed by atoms with Crippen molar-refractivity contribution in [1.82, 2.24) is 0 Å². The van der Waals surface area contributed by atoms with E-state index in [-0.39, 0.29) is 5.97 Å². The number of para-hydroxylation sites is 1. The molecule has 0 saturated heterocycles. The van der Waals surface area contributed by atoms with Crippen molar-refractivity contribution < 1.29 is 9.53 Å². The van der Waals surface area contributed by atoms with Crippen LogP contribution in [0, 0.1) is 0 Å². The third-order valence-corrected chi connectivity index (χ3v) is 1.39. The lowest BCUT2D eigenvalue weighted by Crippen LogP contribution is -2.02. The molecule has 0 fully saturated rings. The summed E-state index contributed by atoms with van der Waals surface area (Å²) in [6.45, 7) is 11.2. The van der Waals surface area contributed by atoms with Gasteiger partial charge in [-0.25, -0.2) is 0 Å². The highest BCUT2D eigenvalue weighted by Gasteiger charge is 2.00. The molecule has 0 spiro atoms. The molecule has 2 nitrogen and oxygen atoms in total. The number of esters is 1. The first-order chi connectivity index (χ1) is 7.15. The van der Waals surface area contributed by atoms with E-state index in [4.69, 9.17) is 4.74 Å². The maximum Gasteiger partial charge on any atom is 0.308 e. The van der Waals surface area contributed by atoms with E-state index in [1.165, 1.54) is 6.92 Å². The molecule has 0 bridgehead atoms. The molecule has 0 amide bonds. The van der Waals surface area contributed by atoms with Gasteiger partial charge in [0.25, 0.3) is 0 Å². The molecule has 0 aliphatic rings. The minimum Gasteiger partial charge on any atom is -0.426 e. The Balaban J connectivity index is 0.000000583. The van der Waals surface area contributed by atoms with Crippen LogP contribution < -0.4 is 4.74 Å². The Morgan fingerprint density at radius 2 is 1.93 bits per heavy atom. The second-order valence-corrected chi connectivity index (χ2v) is 2.59. The van der Waals surface area contributed by atoms with Crippen molar-refractivity contribution in [2.24, 2.45) is 0 Å². The van der Waals surface area contributed by atoms with Gasteiger partial charge < -0.3 is 4.74 Å². The zero-order chi connectivity index (χ0) is 11.7. The summed E-state index contributed by atoms with van der Waals surface area (Å²) in [5.74, 6) is 0.240. The molecule has 2 heteroatoms. The molecule has 78 valence electrons. The zero-order valence-electron chi connectivity index (χ0n) is 8.82. The van der Waals surface area contributed by atoms with Crippen LogP contribution in [-0.2, 0) is 4.79 Å². The van der Waals surface area contributed by atoms with Crippen LogP contribution in [0.4, 0.5) is 0 Å². The lowest BCUT2D eigenvalue weighted by atomic mass is 10.2. The molecular weight excluding hydrogens is 188 g/mol. The quantitative estimate of drug-likeness (QED) is 0.418. The molecule has 1 rings (SSSR count). The molecule has 0 saturated carbocycles. The van der Waals surface area contributed by atoms with Crippen LogP contribution in [0.5, 0.6) is 5.75 Å². The van der Waals surface area contributed by atoms with Crippen molar-refractivity contribution in [3.63, 3.8) is 0 Å². The zero-order valence-corrected chi connectivity index (χ0v) is 8.82. The summed E-state index contributed by atoms with van der Waals surface area (Å²) < 4.78 is 4.93. The fraction of sp³-hybridized carbons (Fsp3) is 0.0769. The third-order valence-electron chi connectivity index (χ3n) is 1.39. The van der Waals surface area contributed by atoms with Gasteiger partial charge in [0.2, 0.25) is 0 Å². The summed E-state index contributed by atoms with van der Waals surface area (Å²) in [4.78, 5) is 10.6. The molecule has 0 heterocycles. The number of carbonyl (C=O) groups is 1. The first-order valence-electron chi connectivity index (χ1n) is 4.34. The van der Waals surface area contributed by atoms with E-state index in [1.54, 1.807) is 12.1 Å². The van der Waals surface area contributed by atoms with Crippen molar-refractivity contribution in [3.05, 3.63) is 55.3 Å². The average molecular weight is 202 g/mol. The highest BCUT2D eigenvalue weighted by molar-refractivity contribution is 5.71. The fourth-order valence-corrected chi connectivity index (χ4v) is 0.897. The van der Waals surface area contributed by atoms with E-state index in [1.807, 2.05) is 18.2 Å². The molecule has 15 heavy (non-hydrogen) atoms. The van der Waals surface area contributed by atoms with E-state index in [0.29, 0.717) is 5.75 Å². The Hall–Kier alpha value is -2.05. The molecule has 0 unspecified atom stereocenters. The molecule has 1 aromatic carbocycles. The Kier molecular flexibility index (Phi) is 6.36. The number of hydrogen-bond acceptors (Lipinski definition) is 2. The van der Waals surface area contributed by atoms with Crippen molar-refractivity contribution in [1.29, 1.82) is 0 Å². The van der Waals surface area contributed by atoms with Gasteiger partial charge >= 0.3 is 5.97 Å². The Morgan fingerprint density at radius 3 is 2.40 bits per heavy atom. The molecule has 0 radical (unpaired) electrons. The number of carbonyl (C=O) groups excluding carboxylic acids is 1. The van der Waals surface area contributed by atoms with Crippen LogP contribution in [-0.4, -0.2) is 5.97 Å².